The molecule has 1 unspecified atom stereocenters. The molecule has 0 aliphatic rings. The van der Waals surface area contributed by atoms with E-state index in [9.17, 15) is 4.79 Å². The molecule has 1 atom stereocenters. The van der Waals surface area contributed by atoms with Gasteiger partial charge in [-0.05, 0) is 64.2 Å². The van der Waals surface area contributed by atoms with Gasteiger partial charge in [0.1, 0.15) is 0 Å². The van der Waals surface area contributed by atoms with E-state index in [1.54, 1.807) is 6.07 Å². The minimum atomic E-state index is -0.231. The molecule has 1 heterocycles. The molecule has 0 saturated carbocycles. The van der Waals surface area contributed by atoms with Crippen molar-refractivity contribution in [3.8, 4) is 5.69 Å². The molecular formula is C23H25Cl3N2O. The zero-order valence-corrected chi connectivity index (χ0v) is 19.3. The maximum absolute atomic E-state index is 13.4. The summed E-state index contributed by atoms with van der Waals surface area (Å²) >= 11 is 12.3. The van der Waals surface area contributed by atoms with Crippen LogP contribution in [0.15, 0.2) is 54.6 Å². The number of hydrogen-bond donors (Lipinski definition) is 0. The van der Waals surface area contributed by atoms with Gasteiger partial charge in [-0.2, -0.15) is 0 Å². The molecule has 0 aliphatic heterocycles. The van der Waals surface area contributed by atoms with E-state index in [2.05, 4.69) is 12.1 Å². The van der Waals surface area contributed by atoms with Crippen molar-refractivity contribution >= 4 is 41.4 Å². The second-order valence-electron chi connectivity index (χ2n) is 7.25. The summed E-state index contributed by atoms with van der Waals surface area (Å²) in [5.74, 6) is 0.119. The molecule has 2 aromatic carbocycles. The van der Waals surface area contributed by atoms with Crippen molar-refractivity contribution in [1.82, 2.24) is 9.47 Å². The SMILES string of the molecule is Cc1cc(C(=O)C(Cc2ccccc2)N(C)C)c(C)n1-c1ccc(Cl)c(Cl)c1.Cl. The summed E-state index contributed by atoms with van der Waals surface area (Å²) in [6.45, 7) is 3.96. The van der Waals surface area contributed by atoms with Gasteiger partial charge in [0, 0.05) is 22.6 Å². The number of aromatic nitrogens is 1. The Hall–Kier alpha value is -1.78. The highest BCUT2D eigenvalue weighted by molar-refractivity contribution is 6.42. The fraction of sp³-hybridized carbons (Fsp3) is 0.261. The number of ketones is 1. The topological polar surface area (TPSA) is 25.2 Å². The molecule has 3 rings (SSSR count). The van der Waals surface area contributed by atoms with Crippen molar-refractivity contribution in [2.75, 3.05) is 14.1 Å². The number of carbonyl (C=O) groups is 1. The number of Topliss-reactive ketones (excluding diaryl/α,β-unsaturated/α-hetero) is 1. The first-order valence-electron chi connectivity index (χ1n) is 9.18. The maximum Gasteiger partial charge on any atom is 0.182 e. The predicted octanol–water partition coefficient (Wildman–Crippen LogP) is 6.18. The number of carbonyl (C=O) groups excluding carboxylic acids is 1. The average Bonchev–Trinajstić information content (AvgIpc) is 2.96. The van der Waals surface area contributed by atoms with Gasteiger partial charge in [-0.25, -0.2) is 0 Å². The lowest BCUT2D eigenvalue weighted by molar-refractivity contribution is 0.0874. The summed E-state index contributed by atoms with van der Waals surface area (Å²) in [5, 5.41) is 1.01. The lowest BCUT2D eigenvalue weighted by Crippen LogP contribution is -2.38. The Bertz CT molecular complexity index is 997. The minimum Gasteiger partial charge on any atom is -0.318 e. The lowest BCUT2D eigenvalue weighted by Gasteiger charge is -2.23. The van der Waals surface area contributed by atoms with Crippen molar-refractivity contribution in [3.63, 3.8) is 0 Å². The van der Waals surface area contributed by atoms with E-state index in [0.717, 1.165) is 28.2 Å². The smallest absolute Gasteiger partial charge is 0.182 e. The van der Waals surface area contributed by atoms with Gasteiger partial charge >= 0.3 is 0 Å². The van der Waals surface area contributed by atoms with Crippen LogP contribution in [-0.2, 0) is 6.42 Å². The molecule has 6 heteroatoms. The number of hydrogen-bond acceptors (Lipinski definition) is 2. The van der Waals surface area contributed by atoms with E-state index >= 15 is 0 Å². The second kappa shape index (κ2) is 9.82. The standard InChI is InChI=1S/C23H24Cl2N2O.ClH/c1-15-12-19(16(2)27(15)18-10-11-20(24)21(25)14-18)23(28)22(26(3)4)13-17-8-6-5-7-9-17;/h5-12,14,22H,13H2,1-4H3;1H. The molecule has 0 radical (unpaired) electrons. The van der Waals surface area contributed by atoms with Gasteiger partial charge in [0.25, 0.3) is 0 Å². The van der Waals surface area contributed by atoms with Crippen LogP contribution in [0.1, 0.15) is 27.3 Å². The number of benzene rings is 2. The Labute approximate surface area is 188 Å². The lowest BCUT2D eigenvalue weighted by atomic mass is 9.97. The van der Waals surface area contributed by atoms with Crippen LogP contribution in [0.4, 0.5) is 0 Å². The first kappa shape index (κ1) is 23.5. The molecule has 29 heavy (non-hydrogen) atoms. The van der Waals surface area contributed by atoms with Crippen molar-refractivity contribution < 1.29 is 4.79 Å². The van der Waals surface area contributed by atoms with Crippen LogP contribution in [0.25, 0.3) is 5.69 Å². The zero-order valence-electron chi connectivity index (χ0n) is 16.9. The zero-order chi connectivity index (χ0) is 20.4. The van der Waals surface area contributed by atoms with E-state index < -0.39 is 0 Å². The quantitative estimate of drug-likeness (QED) is 0.418. The van der Waals surface area contributed by atoms with Crippen molar-refractivity contribution in [2.45, 2.75) is 26.3 Å². The highest BCUT2D eigenvalue weighted by atomic mass is 35.5. The van der Waals surface area contributed by atoms with E-state index in [-0.39, 0.29) is 24.2 Å². The van der Waals surface area contributed by atoms with Gasteiger partial charge < -0.3 is 4.57 Å². The Morgan fingerprint density at radius 2 is 1.66 bits per heavy atom. The number of halogens is 3. The Morgan fingerprint density at radius 1 is 1.00 bits per heavy atom. The largest absolute Gasteiger partial charge is 0.318 e. The molecule has 0 fully saturated rings. The van der Waals surface area contributed by atoms with Gasteiger partial charge in [-0.1, -0.05) is 53.5 Å². The molecule has 0 amide bonds. The number of rotatable bonds is 6. The van der Waals surface area contributed by atoms with E-state index in [4.69, 9.17) is 23.2 Å². The molecule has 0 bridgehead atoms. The van der Waals surface area contributed by atoms with Gasteiger partial charge in [0.15, 0.2) is 5.78 Å². The third kappa shape index (κ3) is 5.04. The summed E-state index contributed by atoms with van der Waals surface area (Å²) in [6.07, 6.45) is 0.670. The van der Waals surface area contributed by atoms with Crippen LogP contribution >= 0.6 is 35.6 Å². The number of likely N-dealkylation sites (N-methyl/N-ethyl adjacent to an activating group) is 1. The van der Waals surface area contributed by atoms with Gasteiger partial charge in [-0.3, -0.25) is 9.69 Å². The second-order valence-corrected chi connectivity index (χ2v) is 8.07. The molecule has 0 saturated heterocycles. The number of aryl methyl sites for hydroxylation is 1. The third-order valence-corrected chi connectivity index (χ3v) is 5.79. The highest BCUT2D eigenvalue weighted by Crippen LogP contribution is 2.28. The van der Waals surface area contributed by atoms with Crippen molar-refractivity contribution in [3.05, 3.63) is 87.2 Å². The van der Waals surface area contributed by atoms with Gasteiger partial charge in [-0.15, -0.1) is 12.4 Å². The molecule has 154 valence electrons. The van der Waals surface area contributed by atoms with Crippen LogP contribution < -0.4 is 0 Å². The Kier molecular flexibility index (Phi) is 7.95. The van der Waals surface area contributed by atoms with Crippen molar-refractivity contribution in [1.29, 1.82) is 0 Å². The summed E-state index contributed by atoms with van der Waals surface area (Å²) < 4.78 is 2.05. The van der Waals surface area contributed by atoms with Crippen LogP contribution in [0.2, 0.25) is 10.0 Å². The molecule has 1 aromatic heterocycles. The monoisotopic (exact) mass is 450 g/mol. The molecule has 0 spiro atoms. The summed E-state index contributed by atoms with van der Waals surface area (Å²) in [4.78, 5) is 15.4. The van der Waals surface area contributed by atoms with E-state index in [1.807, 2.05) is 73.8 Å². The minimum absolute atomic E-state index is 0. The van der Waals surface area contributed by atoms with Crippen LogP contribution in [0.3, 0.4) is 0 Å². The fourth-order valence-electron chi connectivity index (χ4n) is 3.56. The predicted molar refractivity (Wildman–Crippen MR) is 124 cm³/mol. The summed E-state index contributed by atoms with van der Waals surface area (Å²) in [7, 11) is 3.90. The number of nitrogens with zero attached hydrogens (tertiary/aromatic N) is 2. The maximum atomic E-state index is 13.4. The van der Waals surface area contributed by atoms with Crippen LogP contribution in [0, 0.1) is 13.8 Å². The molecule has 3 nitrogen and oxygen atoms in total. The highest BCUT2D eigenvalue weighted by Gasteiger charge is 2.26. The first-order chi connectivity index (χ1) is 13.3. The molecular weight excluding hydrogens is 427 g/mol. The van der Waals surface area contributed by atoms with Gasteiger partial charge in [0.2, 0.25) is 0 Å². The summed E-state index contributed by atoms with van der Waals surface area (Å²) in [5.41, 5.74) is 4.66. The molecule has 0 N–H and O–H groups in total. The van der Waals surface area contributed by atoms with E-state index in [1.165, 1.54) is 0 Å². The fourth-order valence-corrected chi connectivity index (χ4v) is 3.85. The summed E-state index contributed by atoms with van der Waals surface area (Å²) in [6, 6.07) is 17.4. The van der Waals surface area contributed by atoms with Crippen molar-refractivity contribution in [2.24, 2.45) is 0 Å². The third-order valence-electron chi connectivity index (χ3n) is 5.06. The Morgan fingerprint density at radius 3 is 2.24 bits per heavy atom. The van der Waals surface area contributed by atoms with Crippen LogP contribution in [-0.4, -0.2) is 35.4 Å². The average molecular weight is 452 g/mol. The van der Waals surface area contributed by atoms with E-state index in [0.29, 0.717) is 16.5 Å². The first-order valence-corrected chi connectivity index (χ1v) is 9.94. The van der Waals surface area contributed by atoms with Gasteiger partial charge in [0.05, 0.1) is 16.1 Å². The Balaban J connectivity index is 0.00000300. The molecule has 0 aliphatic carbocycles. The normalized spacial score (nSPS) is 12.0. The van der Waals surface area contributed by atoms with Crippen LogP contribution in [0.5, 0.6) is 0 Å². The molecule has 3 aromatic rings.